The van der Waals surface area contributed by atoms with Crippen molar-refractivity contribution < 1.29 is 8.78 Å². The Hall–Kier alpha value is -2.01. The summed E-state index contributed by atoms with van der Waals surface area (Å²) in [4.78, 5) is 3.90. The molecule has 0 fully saturated rings. The summed E-state index contributed by atoms with van der Waals surface area (Å²) in [6, 6.07) is 4.62. The van der Waals surface area contributed by atoms with E-state index in [4.69, 9.17) is 10.5 Å². The summed E-state index contributed by atoms with van der Waals surface area (Å²) >= 11 is 0. The van der Waals surface area contributed by atoms with Crippen molar-refractivity contribution in [3.8, 4) is 12.1 Å². The van der Waals surface area contributed by atoms with Gasteiger partial charge in [-0.05, 0) is 13.0 Å². The van der Waals surface area contributed by atoms with Gasteiger partial charge in [-0.1, -0.05) is 0 Å². The summed E-state index contributed by atoms with van der Waals surface area (Å²) in [6.07, 6.45) is -2.76. The van der Waals surface area contributed by atoms with Crippen LogP contribution in [0.1, 0.15) is 28.9 Å². The number of pyridine rings is 1. The first kappa shape index (κ1) is 11.1. The number of hydrogen-bond donors (Lipinski definition) is 0. The molecule has 3 nitrogen and oxygen atoms in total. The van der Waals surface area contributed by atoms with E-state index < -0.39 is 6.43 Å². The van der Waals surface area contributed by atoms with Crippen LogP contribution in [0.5, 0.6) is 0 Å². The summed E-state index contributed by atoms with van der Waals surface area (Å²) in [7, 11) is 0. The quantitative estimate of drug-likeness (QED) is 0.747. The van der Waals surface area contributed by atoms with Crippen LogP contribution >= 0.6 is 0 Å². The van der Waals surface area contributed by atoms with Gasteiger partial charge in [-0.25, -0.2) is 8.78 Å². The Balaban J connectivity index is 3.35. The van der Waals surface area contributed by atoms with Crippen molar-refractivity contribution in [3.05, 3.63) is 28.6 Å². The maximum absolute atomic E-state index is 12.6. The first-order valence-electron chi connectivity index (χ1n) is 4.15. The van der Waals surface area contributed by atoms with E-state index in [1.807, 2.05) is 6.07 Å². The van der Waals surface area contributed by atoms with Gasteiger partial charge in [0.05, 0.1) is 29.4 Å². The van der Waals surface area contributed by atoms with E-state index >= 15 is 0 Å². The molecule has 5 heteroatoms. The Kier molecular flexibility index (Phi) is 3.30. The van der Waals surface area contributed by atoms with Crippen molar-refractivity contribution in [2.45, 2.75) is 19.8 Å². The van der Waals surface area contributed by atoms with E-state index in [-0.39, 0.29) is 28.9 Å². The Morgan fingerprint density at radius 3 is 2.60 bits per heavy atom. The fraction of sp³-hybridized carbons (Fsp3) is 0.300. The lowest BCUT2D eigenvalue weighted by molar-refractivity contribution is 0.150. The van der Waals surface area contributed by atoms with Crippen LogP contribution in [0.4, 0.5) is 8.78 Å². The van der Waals surface area contributed by atoms with Crippen LogP contribution in [0.25, 0.3) is 0 Å². The van der Waals surface area contributed by atoms with Gasteiger partial charge in [-0.15, -0.1) is 0 Å². The van der Waals surface area contributed by atoms with Gasteiger partial charge < -0.3 is 0 Å². The molecule has 0 aliphatic heterocycles. The highest BCUT2D eigenvalue weighted by Crippen LogP contribution is 2.24. The van der Waals surface area contributed by atoms with Gasteiger partial charge in [0.2, 0.25) is 0 Å². The lowest BCUT2D eigenvalue weighted by Crippen LogP contribution is -2.01. The zero-order valence-electron chi connectivity index (χ0n) is 7.96. The predicted octanol–water partition coefficient (Wildman–Crippen LogP) is 2.27. The van der Waals surface area contributed by atoms with Crippen LogP contribution in [0.2, 0.25) is 0 Å². The van der Waals surface area contributed by atoms with Crippen molar-refractivity contribution >= 4 is 0 Å². The second kappa shape index (κ2) is 4.47. The molecule has 0 atom stereocenters. The molecule has 0 radical (unpaired) electrons. The van der Waals surface area contributed by atoms with Gasteiger partial charge >= 0.3 is 0 Å². The molecule has 0 N–H and O–H groups in total. The van der Waals surface area contributed by atoms with Crippen molar-refractivity contribution in [3.63, 3.8) is 0 Å². The molecule has 0 aliphatic rings. The third-order valence-electron chi connectivity index (χ3n) is 1.89. The summed E-state index contributed by atoms with van der Waals surface area (Å²) in [6.45, 7) is 1.48. The topological polar surface area (TPSA) is 60.5 Å². The summed E-state index contributed by atoms with van der Waals surface area (Å²) < 4.78 is 25.1. The number of halogens is 2. The Morgan fingerprint density at radius 2 is 2.13 bits per heavy atom. The smallest absolute Gasteiger partial charge is 0.256 e. The minimum atomic E-state index is -2.72. The van der Waals surface area contributed by atoms with Gasteiger partial charge in [0.1, 0.15) is 6.07 Å². The number of rotatable bonds is 2. The minimum Gasteiger partial charge on any atom is -0.256 e. The van der Waals surface area contributed by atoms with Gasteiger partial charge in [-0.3, -0.25) is 4.98 Å². The van der Waals surface area contributed by atoms with Gasteiger partial charge in [0.15, 0.2) is 0 Å². The Morgan fingerprint density at radius 1 is 1.47 bits per heavy atom. The third kappa shape index (κ3) is 2.26. The molecule has 0 bridgehead atoms. The van der Waals surface area contributed by atoms with Crippen LogP contribution in [-0.2, 0) is 6.42 Å². The average molecular weight is 207 g/mol. The molecule has 1 aromatic rings. The molecule has 0 aliphatic carbocycles. The second-order valence-corrected chi connectivity index (χ2v) is 2.91. The third-order valence-corrected chi connectivity index (χ3v) is 1.89. The number of nitriles is 2. The highest BCUT2D eigenvalue weighted by atomic mass is 19.3. The van der Waals surface area contributed by atoms with E-state index in [1.54, 1.807) is 6.07 Å². The molecule has 0 spiro atoms. The fourth-order valence-corrected chi connectivity index (χ4v) is 1.25. The molecule has 0 saturated heterocycles. The van der Waals surface area contributed by atoms with Crippen molar-refractivity contribution in [2.75, 3.05) is 0 Å². The first-order chi connectivity index (χ1) is 7.10. The van der Waals surface area contributed by atoms with E-state index in [0.717, 1.165) is 6.07 Å². The van der Waals surface area contributed by atoms with E-state index in [2.05, 4.69) is 4.98 Å². The highest BCUT2D eigenvalue weighted by molar-refractivity contribution is 5.42. The molecule has 0 aromatic carbocycles. The lowest BCUT2D eigenvalue weighted by Gasteiger charge is -2.06. The summed E-state index contributed by atoms with van der Waals surface area (Å²) in [5, 5.41) is 17.1. The maximum Gasteiger partial charge on any atom is 0.265 e. The van der Waals surface area contributed by atoms with Crippen molar-refractivity contribution in [1.82, 2.24) is 4.98 Å². The Labute approximate surface area is 85.6 Å². The zero-order chi connectivity index (χ0) is 11.4. The van der Waals surface area contributed by atoms with Crippen LogP contribution < -0.4 is 0 Å². The van der Waals surface area contributed by atoms with Crippen molar-refractivity contribution in [2.24, 2.45) is 0 Å². The van der Waals surface area contributed by atoms with E-state index in [9.17, 15) is 8.78 Å². The average Bonchev–Trinajstić information content (AvgIpc) is 2.17. The zero-order valence-corrected chi connectivity index (χ0v) is 7.96. The fourth-order valence-electron chi connectivity index (χ4n) is 1.25. The second-order valence-electron chi connectivity index (χ2n) is 2.91. The van der Waals surface area contributed by atoms with Crippen LogP contribution in [-0.4, -0.2) is 4.98 Å². The number of nitrogens with zero attached hydrogens (tertiary/aromatic N) is 3. The molecular weight excluding hydrogens is 200 g/mol. The number of alkyl halides is 2. The predicted molar refractivity (Wildman–Crippen MR) is 48.0 cm³/mol. The van der Waals surface area contributed by atoms with Gasteiger partial charge in [0, 0.05) is 5.56 Å². The highest BCUT2D eigenvalue weighted by Gasteiger charge is 2.17. The molecule has 1 rings (SSSR count). The number of hydrogen-bond acceptors (Lipinski definition) is 3. The molecule has 0 saturated carbocycles. The molecule has 0 amide bonds. The van der Waals surface area contributed by atoms with Crippen LogP contribution in [0, 0.1) is 29.6 Å². The maximum atomic E-state index is 12.6. The van der Waals surface area contributed by atoms with Gasteiger partial charge in [0.25, 0.3) is 6.43 Å². The normalized spacial score (nSPS) is 9.73. The summed E-state index contributed by atoms with van der Waals surface area (Å²) in [5.41, 5.74) is 0.0480. The molecule has 1 heterocycles. The first-order valence-corrected chi connectivity index (χ1v) is 4.15. The molecule has 76 valence electrons. The summed E-state index contributed by atoms with van der Waals surface area (Å²) in [5.74, 6) is 0. The van der Waals surface area contributed by atoms with E-state index in [0.29, 0.717) is 0 Å². The van der Waals surface area contributed by atoms with E-state index in [1.165, 1.54) is 6.92 Å². The van der Waals surface area contributed by atoms with Crippen LogP contribution in [0.3, 0.4) is 0 Å². The molecular formula is C10H7F2N3. The SMILES string of the molecule is Cc1nc(CC#N)cc(C(F)F)c1C#N. The lowest BCUT2D eigenvalue weighted by atomic mass is 10.1. The largest absolute Gasteiger partial charge is 0.265 e. The minimum absolute atomic E-state index is 0.0354. The molecule has 1 aromatic heterocycles. The molecule has 0 unspecified atom stereocenters. The van der Waals surface area contributed by atoms with Crippen molar-refractivity contribution in [1.29, 1.82) is 10.5 Å². The Bertz CT molecular complexity index is 455. The molecule has 15 heavy (non-hydrogen) atoms. The van der Waals surface area contributed by atoms with Gasteiger partial charge in [-0.2, -0.15) is 10.5 Å². The monoisotopic (exact) mass is 207 g/mol. The standard InChI is InChI=1S/C10H7F2N3/c1-6-9(5-14)8(10(11)12)4-7(15-6)2-3-13/h4,10H,2H2,1H3. The number of aryl methyl sites for hydroxylation is 1. The number of aromatic nitrogens is 1. The van der Waals surface area contributed by atoms with Crippen LogP contribution in [0.15, 0.2) is 6.07 Å².